The summed E-state index contributed by atoms with van der Waals surface area (Å²) >= 11 is 5.73. The maximum Gasteiger partial charge on any atom is 0.302 e. The summed E-state index contributed by atoms with van der Waals surface area (Å²) in [6, 6.07) is 1.67. The van der Waals surface area contributed by atoms with Gasteiger partial charge in [-0.25, -0.2) is 12.8 Å². The van der Waals surface area contributed by atoms with E-state index in [1.807, 2.05) is 0 Å². The molecule has 4 nitrogen and oxygen atoms in total. The summed E-state index contributed by atoms with van der Waals surface area (Å²) in [4.78, 5) is 10.0. The number of carbonyl (C=O) groups is 1. The third-order valence-electron chi connectivity index (χ3n) is 1.77. The Bertz CT molecular complexity index is 556. The second-order valence-electron chi connectivity index (χ2n) is 3.10. The number of hydrogen-bond donors (Lipinski definition) is 0. The van der Waals surface area contributed by atoms with Crippen LogP contribution in [0.5, 0.6) is 0 Å². The molecule has 0 N–H and O–H groups in total. The van der Waals surface area contributed by atoms with E-state index >= 15 is 0 Å². The van der Waals surface area contributed by atoms with Gasteiger partial charge in [-0.1, -0.05) is 11.6 Å². The zero-order valence-electron chi connectivity index (χ0n) is 8.54. The normalized spacial score (nSPS) is 11.3. The Morgan fingerprint density at radius 2 is 2.06 bits per heavy atom. The number of rotatable bonds is 3. The van der Waals surface area contributed by atoms with E-state index in [4.69, 9.17) is 22.3 Å². The molecule has 1 aromatic rings. The smallest absolute Gasteiger partial charge is 0.302 e. The number of esters is 1. The summed E-state index contributed by atoms with van der Waals surface area (Å²) in [6.07, 6.45) is 0. The first-order valence-corrected chi connectivity index (χ1v) is 6.96. The molecule has 94 valence electrons. The predicted octanol–water partition coefficient (Wildman–Crippen LogP) is 2.47. The van der Waals surface area contributed by atoms with Crippen molar-refractivity contribution in [2.75, 3.05) is 0 Å². The highest BCUT2D eigenvalue weighted by atomic mass is 35.7. The van der Waals surface area contributed by atoms with Crippen LogP contribution in [0.15, 0.2) is 17.0 Å². The fourth-order valence-electron chi connectivity index (χ4n) is 1.08. The van der Waals surface area contributed by atoms with Crippen molar-refractivity contribution in [1.82, 2.24) is 0 Å². The largest absolute Gasteiger partial charge is 0.461 e. The molecule has 0 amide bonds. The van der Waals surface area contributed by atoms with Crippen LogP contribution in [0.3, 0.4) is 0 Å². The fraction of sp³-hybridized carbons (Fsp3) is 0.222. The molecule has 0 saturated carbocycles. The summed E-state index contributed by atoms with van der Waals surface area (Å²) in [5, 5.41) is -0.261. The molecule has 0 aromatic heterocycles. The lowest BCUT2D eigenvalue weighted by Crippen LogP contribution is -2.03. The van der Waals surface area contributed by atoms with Crippen LogP contribution < -0.4 is 0 Å². The van der Waals surface area contributed by atoms with E-state index in [2.05, 4.69) is 4.74 Å². The molecule has 17 heavy (non-hydrogen) atoms. The number of ether oxygens (including phenoxy) is 1. The van der Waals surface area contributed by atoms with E-state index in [-0.39, 0.29) is 17.2 Å². The minimum Gasteiger partial charge on any atom is -0.461 e. The maximum absolute atomic E-state index is 13.1. The second kappa shape index (κ2) is 5.20. The Hall–Kier alpha value is -0.850. The number of benzene rings is 1. The number of halogens is 3. The Morgan fingerprint density at radius 3 is 2.53 bits per heavy atom. The summed E-state index contributed by atoms with van der Waals surface area (Å²) in [5.74, 6) is -1.43. The lowest BCUT2D eigenvalue weighted by molar-refractivity contribution is -0.142. The standard InChI is InChI=1S/C9H7Cl2FO4S/c1-5(13)16-4-6-2-7(12)3-8(9(6)10)17(11,14)15/h2-3H,4H2,1H3. The van der Waals surface area contributed by atoms with E-state index in [1.165, 1.54) is 0 Å². The van der Waals surface area contributed by atoms with Gasteiger partial charge in [-0.15, -0.1) is 0 Å². The first kappa shape index (κ1) is 14.2. The predicted molar refractivity (Wildman–Crippen MR) is 59.9 cm³/mol. The van der Waals surface area contributed by atoms with Gasteiger partial charge in [0.25, 0.3) is 9.05 Å². The van der Waals surface area contributed by atoms with Gasteiger partial charge in [0.1, 0.15) is 17.3 Å². The third-order valence-corrected chi connectivity index (χ3v) is 3.68. The highest BCUT2D eigenvalue weighted by Gasteiger charge is 2.19. The van der Waals surface area contributed by atoms with Crippen LogP contribution in [0.25, 0.3) is 0 Å². The number of hydrogen-bond acceptors (Lipinski definition) is 4. The van der Waals surface area contributed by atoms with Crippen molar-refractivity contribution < 1.29 is 22.3 Å². The molecule has 0 saturated heterocycles. The molecule has 0 radical (unpaired) electrons. The molecule has 0 atom stereocenters. The van der Waals surface area contributed by atoms with Crippen LogP contribution in [0.1, 0.15) is 12.5 Å². The molecular weight excluding hydrogens is 294 g/mol. The van der Waals surface area contributed by atoms with Gasteiger partial charge in [0.15, 0.2) is 0 Å². The second-order valence-corrected chi connectivity index (χ2v) is 6.01. The maximum atomic E-state index is 13.1. The van der Waals surface area contributed by atoms with Crippen molar-refractivity contribution in [1.29, 1.82) is 0 Å². The SMILES string of the molecule is CC(=O)OCc1cc(F)cc(S(=O)(=O)Cl)c1Cl. The monoisotopic (exact) mass is 300 g/mol. The molecule has 0 aliphatic heterocycles. The van der Waals surface area contributed by atoms with Crippen molar-refractivity contribution >= 4 is 37.3 Å². The molecule has 0 unspecified atom stereocenters. The minimum absolute atomic E-state index is 0.0288. The van der Waals surface area contributed by atoms with Crippen molar-refractivity contribution in [3.63, 3.8) is 0 Å². The molecule has 0 heterocycles. The average Bonchev–Trinajstić information content (AvgIpc) is 2.17. The van der Waals surface area contributed by atoms with Gasteiger partial charge in [-0.3, -0.25) is 4.79 Å². The van der Waals surface area contributed by atoms with Crippen LogP contribution in [-0.2, 0) is 25.2 Å². The molecule has 1 aromatic carbocycles. The molecule has 0 fully saturated rings. The highest BCUT2D eigenvalue weighted by Crippen LogP contribution is 2.29. The van der Waals surface area contributed by atoms with Gasteiger partial charge >= 0.3 is 5.97 Å². The first-order valence-electron chi connectivity index (χ1n) is 4.27. The van der Waals surface area contributed by atoms with E-state index < -0.39 is 25.7 Å². The molecule has 1 rings (SSSR count). The Kier molecular flexibility index (Phi) is 4.35. The molecule has 0 aliphatic carbocycles. The third kappa shape index (κ3) is 3.83. The lowest BCUT2D eigenvalue weighted by Gasteiger charge is -2.08. The minimum atomic E-state index is -4.16. The molecule has 0 bridgehead atoms. The van der Waals surface area contributed by atoms with E-state index in [1.54, 1.807) is 0 Å². The first-order chi connectivity index (χ1) is 7.71. The average molecular weight is 301 g/mol. The summed E-state index contributed by atoms with van der Waals surface area (Å²) in [7, 11) is 0.927. The quantitative estimate of drug-likeness (QED) is 0.635. The lowest BCUT2D eigenvalue weighted by atomic mass is 10.2. The Labute approximate surface area is 107 Å². The summed E-state index contributed by atoms with van der Waals surface area (Å²) < 4.78 is 39.9. The molecule has 0 spiro atoms. The van der Waals surface area contributed by atoms with Crippen molar-refractivity contribution in [2.45, 2.75) is 18.4 Å². The Morgan fingerprint density at radius 1 is 1.47 bits per heavy atom. The zero-order valence-corrected chi connectivity index (χ0v) is 10.9. The Balaban J connectivity index is 3.24. The van der Waals surface area contributed by atoms with Crippen LogP contribution >= 0.6 is 22.3 Å². The van der Waals surface area contributed by atoms with Crippen LogP contribution in [0.4, 0.5) is 4.39 Å². The van der Waals surface area contributed by atoms with Gasteiger partial charge < -0.3 is 4.74 Å². The van der Waals surface area contributed by atoms with Gasteiger partial charge in [0.2, 0.25) is 0 Å². The van der Waals surface area contributed by atoms with Crippen molar-refractivity contribution in [2.24, 2.45) is 0 Å². The van der Waals surface area contributed by atoms with Gasteiger partial charge in [0.05, 0.1) is 5.02 Å². The highest BCUT2D eigenvalue weighted by molar-refractivity contribution is 8.13. The van der Waals surface area contributed by atoms with Crippen molar-refractivity contribution in [3.05, 3.63) is 28.5 Å². The van der Waals surface area contributed by atoms with E-state index in [0.29, 0.717) is 6.07 Å². The molecule has 0 aliphatic rings. The van der Waals surface area contributed by atoms with Gasteiger partial charge in [-0.2, -0.15) is 0 Å². The summed E-state index contributed by atoms with van der Waals surface area (Å²) in [6.45, 7) is 0.831. The van der Waals surface area contributed by atoms with Gasteiger partial charge in [-0.05, 0) is 12.1 Å². The fourth-order valence-corrected chi connectivity index (χ4v) is 2.63. The molecule has 8 heteroatoms. The van der Waals surface area contributed by atoms with Crippen LogP contribution in [0.2, 0.25) is 5.02 Å². The van der Waals surface area contributed by atoms with E-state index in [0.717, 1.165) is 13.0 Å². The summed E-state index contributed by atoms with van der Waals surface area (Å²) in [5.41, 5.74) is 0.0288. The van der Waals surface area contributed by atoms with Crippen LogP contribution in [0, 0.1) is 5.82 Å². The van der Waals surface area contributed by atoms with Crippen molar-refractivity contribution in [3.8, 4) is 0 Å². The van der Waals surface area contributed by atoms with Gasteiger partial charge in [0, 0.05) is 23.2 Å². The molecular formula is C9H7Cl2FO4S. The number of carbonyl (C=O) groups excluding carboxylic acids is 1. The van der Waals surface area contributed by atoms with E-state index in [9.17, 15) is 17.6 Å². The topological polar surface area (TPSA) is 60.4 Å². The zero-order chi connectivity index (χ0) is 13.2. The van der Waals surface area contributed by atoms with Crippen LogP contribution in [-0.4, -0.2) is 14.4 Å².